The summed E-state index contributed by atoms with van der Waals surface area (Å²) in [6, 6.07) is 0.250. The number of carbonyl (C=O) groups is 1. The van der Waals surface area contributed by atoms with E-state index in [1.54, 1.807) is 5.57 Å². The van der Waals surface area contributed by atoms with Crippen LogP contribution in [0.4, 0.5) is 0 Å². The predicted octanol–water partition coefficient (Wildman–Crippen LogP) is 7.56. The summed E-state index contributed by atoms with van der Waals surface area (Å²) in [6.07, 6.45) is 16.8. The lowest BCUT2D eigenvalue weighted by molar-refractivity contribution is -0.208. The molecule has 51 heavy (non-hydrogen) atoms. The second-order valence-electron chi connectivity index (χ2n) is 19.2. The van der Waals surface area contributed by atoms with Crippen LogP contribution in [-0.2, 0) is 4.79 Å². The molecule has 6 fully saturated rings. The fraction of sp³-hybridized carbons (Fsp3) is 0.810. The molecule has 0 radical (unpaired) electrons. The zero-order valence-electron chi connectivity index (χ0n) is 31.5. The summed E-state index contributed by atoms with van der Waals surface area (Å²) < 4.78 is 2.27. The van der Waals surface area contributed by atoms with Crippen LogP contribution in [0.1, 0.15) is 118 Å². The van der Waals surface area contributed by atoms with Gasteiger partial charge in [0, 0.05) is 47.2 Å². The molecule has 0 aromatic carbocycles. The van der Waals surface area contributed by atoms with Crippen molar-refractivity contribution in [2.75, 3.05) is 11.5 Å². The number of allylic oxidation sites excluding steroid dienone is 2. The fourth-order valence-electron chi connectivity index (χ4n) is 13.9. The number of aliphatic hydroxyl groups excluding tert-OH is 3. The van der Waals surface area contributed by atoms with Crippen molar-refractivity contribution in [3.63, 3.8) is 0 Å². The van der Waals surface area contributed by atoms with E-state index < -0.39 is 34.7 Å². The van der Waals surface area contributed by atoms with E-state index >= 15 is 0 Å². The van der Waals surface area contributed by atoms with Gasteiger partial charge in [0.2, 0.25) is 0 Å². The molecule has 5 saturated carbocycles. The number of nitrogens with zero attached hydrogens (tertiary/aromatic N) is 2. The van der Waals surface area contributed by atoms with Crippen molar-refractivity contribution in [3.05, 3.63) is 41.5 Å². The molecule has 9 heteroatoms. The Labute approximate surface area is 313 Å². The van der Waals surface area contributed by atoms with E-state index in [4.69, 9.17) is 0 Å². The van der Waals surface area contributed by atoms with Gasteiger partial charge in [0.25, 0.3) is 0 Å². The van der Waals surface area contributed by atoms with Crippen LogP contribution < -0.4 is 0 Å². The summed E-state index contributed by atoms with van der Waals surface area (Å²) in [6.45, 7) is 11.6. The number of ketones is 1. The highest BCUT2D eigenvalue weighted by atomic mass is 33.1. The SMILES string of the molecule is CC1C(O)CC(=C2CCCCC2)C(C)(C)CC(n2ccnc2)CSSCC2CC1C1(C)CC3CCC4C(O)C(O)CC5C(=O)C=C(C3C54C)C21O. The van der Waals surface area contributed by atoms with Crippen molar-refractivity contribution >= 4 is 27.4 Å². The number of fused-ring (bicyclic) bond motifs is 6. The fourth-order valence-corrected chi connectivity index (χ4v) is 16.6. The molecule has 1 aromatic heterocycles. The number of hydrogen-bond acceptors (Lipinski definition) is 8. The van der Waals surface area contributed by atoms with Gasteiger partial charge in [-0.2, -0.15) is 0 Å². The summed E-state index contributed by atoms with van der Waals surface area (Å²) >= 11 is 0. The maximum Gasteiger partial charge on any atom is 0.159 e. The van der Waals surface area contributed by atoms with Crippen LogP contribution in [0, 0.1) is 57.7 Å². The van der Waals surface area contributed by atoms with Crippen LogP contribution in [0.15, 0.2) is 41.5 Å². The van der Waals surface area contributed by atoms with Gasteiger partial charge in [0.05, 0.1) is 30.2 Å². The van der Waals surface area contributed by atoms with Crippen molar-refractivity contribution in [2.24, 2.45) is 57.7 Å². The minimum Gasteiger partial charge on any atom is -0.393 e. The number of carbonyl (C=O) groups excluding carboxylic acids is 1. The van der Waals surface area contributed by atoms with Crippen molar-refractivity contribution in [3.8, 4) is 0 Å². The summed E-state index contributed by atoms with van der Waals surface area (Å²) in [5, 5.41) is 48.4. The first-order valence-corrected chi connectivity index (χ1v) is 22.7. The van der Waals surface area contributed by atoms with Crippen LogP contribution in [-0.4, -0.2) is 71.2 Å². The molecule has 1 aromatic rings. The first-order chi connectivity index (χ1) is 24.2. The van der Waals surface area contributed by atoms with Gasteiger partial charge in [0.1, 0.15) is 0 Å². The Balaban J connectivity index is 1.21. The van der Waals surface area contributed by atoms with Crippen LogP contribution in [0.3, 0.4) is 0 Å². The molecule has 1 aliphatic heterocycles. The Hall–Kier alpha value is -1.10. The Morgan fingerprint density at radius 2 is 1.67 bits per heavy atom. The third-order valence-corrected chi connectivity index (χ3v) is 18.9. The minimum absolute atomic E-state index is 0.00875. The molecule has 282 valence electrons. The van der Waals surface area contributed by atoms with Gasteiger partial charge in [-0.1, -0.05) is 73.8 Å². The van der Waals surface area contributed by atoms with Gasteiger partial charge in [-0.25, -0.2) is 4.98 Å². The van der Waals surface area contributed by atoms with Gasteiger partial charge in [-0.15, -0.1) is 0 Å². The molecule has 6 aliphatic carbocycles. The highest BCUT2D eigenvalue weighted by Crippen LogP contribution is 2.74. The van der Waals surface area contributed by atoms with Crippen molar-refractivity contribution in [1.29, 1.82) is 0 Å². The minimum atomic E-state index is -1.18. The zero-order chi connectivity index (χ0) is 36.1. The highest BCUT2D eigenvalue weighted by Gasteiger charge is 2.74. The smallest absolute Gasteiger partial charge is 0.159 e. The molecule has 7 aliphatic rings. The average molecular weight is 739 g/mol. The molecule has 2 bridgehead atoms. The third-order valence-electron chi connectivity index (χ3n) is 16.4. The Bertz CT molecular complexity index is 1550. The Morgan fingerprint density at radius 3 is 2.39 bits per heavy atom. The summed E-state index contributed by atoms with van der Waals surface area (Å²) in [5.41, 5.74) is 1.69. The lowest BCUT2D eigenvalue weighted by atomic mass is 9.37. The van der Waals surface area contributed by atoms with Gasteiger partial charge in [-0.3, -0.25) is 4.79 Å². The van der Waals surface area contributed by atoms with Crippen LogP contribution in [0.25, 0.3) is 0 Å². The standard InChI is InChI=1S/C42H62N2O5S2/c1-24-30-15-27(21-50-51-22-28(44-14-13-43-23-44)20-39(2,3)31(16-34(24)45)25-9-7-6-8-10-25)42(49)33-18-35(46)32-17-36(47)38(48)29-12-11-26(19-40(30,42)4)37(33)41(29,32)5/h13-14,18,23-24,26-30,32,34,36-38,45,47-49H,6-12,15-17,19-22H2,1-5H3. The van der Waals surface area contributed by atoms with E-state index in [1.807, 2.05) is 40.2 Å². The van der Waals surface area contributed by atoms with E-state index in [0.717, 1.165) is 62.0 Å². The molecule has 8 rings (SSSR count). The number of imidazole rings is 1. The molecule has 4 N–H and O–H groups in total. The first kappa shape index (κ1) is 36.9. The Morgan fingerprint density at radius 1 is 0.922 bits per heavy atom. The van der Waals surface area contributed by atoms with E-state index in [0.29, 0.717) is 18.8 Å². The van der Waals surface area contributed by atoms with Crippen molar-refractivity contribution < 1.29 is 25.2 Å². The predicted molar refractivity (Wildman–Crippen MR) is 205 cm³/mol. The van der Waals surface area contributed by atoms with Gasteiger partial charge < -0.3 is 25.0 Å². The lowest BCUT2D eigenvalue weighted by Gasteiger charge is -2.67. The molecular formula is C42H62N2O5S2. The van der Waals surface area contributed by atoms with Gasteiger partial charge in [-0.05, 0) is 123 Å². The lowest BCUT2D eigenvalue weighted by Crippen LogP contribution is -2.69. The summed E-state index contributed by atoms with van der Waals surface area (Å²) in [5.74, 6) is 1.57. The summed E-state index contributed by atoms with van der Waals surface area (Å²) in [4.78, 5) is 18.7. The molecule has 2 heterocycles. The molecule has 0 amide bonds. The average Bonchev–Trinajstić information content (AvgIpc) is 3.71. The van der Waals surface area contributed by atoms with Crippen LogP contribution in [0.2, 0.25) is 0 Å². The number of aliphatic hydroxyl groups is 4. The molecule has 7 nitrogen and oxygen atoms in total. The molecule has 14 atom stereocenters. The van der Waals surface area contributed by atoms with Gasteiger partial charge >= 0.3 is 0 Å². The van der Waals surface area contributed by atoms with Crippen LogP contribution in [0.5, 0.6) is 0 Å². The molecule has 14 unspecified atom stereocenters. The molecule has 1 saturated heterocycles. The van der Waals surface area contributed by atoms with Gasteiger partial charge in [0.15, 0.2) is 5.78 Å². The largest absolute Gasteiger partial charge is 0.393 e. The maximum absolute atomic E-state index is 14.2. The number of rotatable bonds is 1. The monoisotopic (exact) mass is 738 g/mol. The first-order valence-electron chi connectivity index (χ1n) is 20.2. The van der Waals surface area contributed by atoms with Crippen molar-refractivity contribution in [2.45, 2.75) is 142 Å². The van der Waals surface area contributed by atoms with E-state index in [9.17, 15) is 25.2 Å². The third kappa shape index (κ3) is 5.58. The summed E-state index contributed by atoms with van der Waals surface area (Å²) in [7, 11) is 3.77. The molecule has 0 spiro atoms. The van der Waals surface area contributed by atoms with E-state index in [2.05, 4.69) is 50.4 Å². The maximum atomic E-state index is 14.2. The highest BCUT2D eigenvalue weighted by molar-refractivity contribution is 8.76. The topological polar surface area (TPSA) is 116 Å². The molecular weight excluding hydrogens is 677 g/mol. The van der Waals surface area contributed by atoms with Crippen molar-refractivity contribution in [1.82, 2.24) is 9.55 Å². The zero-order valence-corrected chi connectivity index (χ0v) is 33.1. The normalized spacial score (nSPS) is 48.7. The Kier molecular flexibility index (Phi) is 9.60. The van der Waals surface area contributed by atoms with E-state index in [1.165, 1.54) is 24.8 Å². The number of hydrogen-bond donors (Lipinski definition) is 4. The second-order valence-corrected chi connectivity index (χ2v) is 21.7. The number of aromatic nitrogens is 2. The quantitative estimate of drug-likeness (QED) is 0.173. The van der Waals surface area contributed by atoms with Crippen LogP contribution >= 0.6 is 21.6 Å². The van der Waals surface area contributed by atoms with E-state index in [-0.39, 0.29) is 52.7 Å². The second kappa shape index (κ2) is 13.3.